The Morgan fingerprint density at radius 1 is 1.35 bits per heavy atom. The average molecular weight is 273 g/mol. The average Bonchev–Trinajstić information content (AvgIpc) is 2.97. The SMILES string of the molecule is CCc1cn[nH]c1[C@@H]1CCCN(C[C@H]2CC=CCC2)C1. The van der Waals surface area contributed by atoms with Crippen LogP contribution in [0.25, 0.3) is 0 Å². The molecule has 3 nitrogen and oxygen atoms in total. The second-order valence-corrected chi connectivity index (χ2v) is 6.41. The number of H-pyrrole nitrogens is 1. The molecular weight excluding hydrogens is 246 g/mol. The summed E-state index contributed by atoms with van der Waals surface area (Å²) in [4.78, 5) is 2.69. The maximum Gasteiger partial charge on any atom is 0.0522 e. The van der Waals surface area contributed by atoms with Gasteiger partial charge in [0.05, 0.1) is 6.20 Å². The third-order valence-corrected chi connectivity index (χ3v) is 4.94. The lowest BCUT2D eigenvalue weighted by atomic mass is 9.89. The van der Waals surface area contributed by atoms with Gasteiger partial charge >= 0.3 is 0 Å². The Labute approximate surface area is 122 Å². The summed E-state index contributed by atoms with van der Waals surface area (Å²) in [6.07, 6.45) is 14.4. The predicted octanol–water partition coefficient (Wildman–Crippen LogP) is 3.51. The third-order valence-electron chi connectivity index (χ3n) is 4.94. The molecule has 3 heteroatoms. The Bertz CT molecular complexity index is 449. The quantitative estimate of drug-likeness (QED) is 0.851. The number of piperidine rings is 1. The lowest BCUT2D eigenvalue weighted by Gasteiger charge is -2.35. The Kier molecular flexibility index (Phi) is 4.56. The van der Waals surface area contributed by atoms with E-state index in [0.29, 0.717) is 5.92 Å². The molecule has 1 aliphatic carbocycles. The number of aromatic nitrogens is 2. The van der Waals surface area contributed by atoms with Crippen molar-refractivity contribution >= 4 is 0 Å². The number of rotatable bonds is 4. The van der Waals surface area contributed by atoms with E-state index in [1.54, 1.807) is 0 Å². The zero-order valence-electron chi connectivity index (χ0n) is 12.6. The van der Waals surface area contributed by atoms with Crippen LogP contribution in [0.4, 0.5) is 0 Å². The lowest BCUT2D eigenvalue weighted by Crippen LogP contribution is -2.38. The van der Waals surface area contributed by atoms with E-state index in [2.05, 4.69) is 34.2 Å². The molecule has 0 unspecified atom stereocenters. The van der Waals surface area contributed by atoms with Gasteiger partial charge in [-0.1, -0.05) is 19.1 Å². The van der Waals surface area contributed by atoms with Crippen molar-refractivity contribution in [3.8, 4) is 0 Å². The van der Waals surface area contributed by atoms with E-state index in [9.17, 15) is 0 Å². The van der Waals surface area contributed by atoms with E-state index in [4.69, 9.17) is 0 Å². The van der Waals surface area contributed by atoms with Gasteiger partial charge in [-0.15, -0.1) is 0 Å². The fourth-order valence-electron chi connectivity index (χ4n) is 3.80. The van der Waals surface area contributed by atoms with Gasteiger partial charge in [-0.25, -0.2) is 0 Å². The first-order chi connectivity index (χ1) is 9.86. The van der Waals surface area contributed by atoms with Crippen LogP contribution >= 0.6 is 0 Å². The molecule has 1 saturated heterocycles. The molecule has 1 fully saturated rings. The van der Waals surface area contributed by atoms with E-state index in [-0.39, 0.29) is 0 Å². The van der Waals surface area contributed by atoms with Crippen LogP contribution < -0.4 is 0 Å². The fourth-order valence-corrected chi connectivity index (χ4v) is 3.80. The molecule has 2 heterocycles. The Balaban J connectivity index is 1.60. The van der Waals surface area contributed by atoms with E-state index in [1.807, 2.05) is 6.20 Å². The van der Waals surface area contributed by atoms with Gasteiger partial charge in [-0.2, -0.15) is 5.10 Å². The fraction of sp³-hybridized carbons (Fsp3) is 0.706. The van der Waals surface area contributed by atoms with Crippen molar-refractivity contribution in [3.05, 3.63) is 29.6 Å². The molecule has 1 N–H and O–H groups in total. The van der Waals surface area contributed by atoms with Crippen LogP contribution in [0.3, 0.4) is 0 Å². The summed E-state index contributed by atoms with van der Waals surface area (Å²) in [6.45, 7) is 6.02. The summed E-state index contributed by atoms with van der Waals surface area (Å²) in [6, 6.07) is 0. The van der Waals surface area contributed by atoms with Crippen LogP contribution in [0.2, 0.25) is 0 Å². The molecular formula is C17H27N3. The van der Waals surface area contributed by atoms with E-state index in [1.165, 1.54) is 63.0 Å². The molecule has 0 aromatic carbocycles. The van der Waals surface area contributed by atoms with Crippen LogP contribution in [0.5, 0.6) is 0 Å². The van der Waals surface area contributed by atoms with Crippen LogP contribution in [-0.4, -0.2) is 34.7 Å². The molecule has 1 aromatic heterocycles. The highest BCUT2D eigenvalue weighted by atomic mass is 15.2. The summed E-state index contributed by atoms with van der Waals surface area (Å²) in [5, 5.41) is 7.52. The van der Waals surface area contributed by atoms with Crippen molar-refractivity contribution in [3.63, 3.8) is 0 Å². The highest BCUT2D eigenvalue weighted by Gasteiger charge is 2.25. The first-order valence-electron chi connectivity index (χ1n) is 8.26. The van der Waals surface area contributed by atoms with Crippen molar-refractivity contribution in [2.75, 3.05) is 19.6 Å². The molecule has 0 spiro atoms. The van der Waals surface area contributed by atoms with Crippen molar-refractivity contribution < 1.29 is 0 Å². The number of nitrogens with one attached hydrogen (secondary N) is 1. The molecule has 2 aliphatic rings. The van der Waals surface area contributed by atoms with Gasteiger partial charge in [0.2, 0.25) is 0 Å². The molecule has 1 aliphatic heterocycles. The highest BCUT2D eigenvalue weighted by molar-refractivity contribution is 5.21. The summed E-state index contributed by atoms with van der Waals surface area (Å²) < 4.78 is 0. The lowest BCUT2D eigenvalue weighted by molar-refractivity contribution is 0.172. The van der Waals surface area contributed by atoms with Crippen LogP contribution in [0.15, 0.2) is 18.3 Å². The summed E-state index contributed by atoms with van der Waals surface area (Å²) >= 11 is 0. The summed E-state index contributed by atoms with van der Waals surface area (Å²) in [7, 11) is 0. The monoisotopic (exact) mass is 273 g/mol. The summed E-state index contributed by atoms with van der Waals surface area (Å²) in [5.41, 5.74) is 2.82. The largest absolute Gasteiger partial charge is 0.302 e. The minimum atomic E-state index is 0.667. The number of nitrogens with zero attached hydrogens (tertiary/aromatic N) is 2. The molecule has 1 aromatic rings. The number of likely N-dealkylation sites (tertiary alicyclic amines) is 1. The van der Waals surface area contributed by atoms with Crippen molar-refractivity contribution in [1.29, 1.82) is 0 Å². The topological polar surface area (TPSA) is 31.9 Å². The first-order valence-corrected chi connectivity index (χ1v) is 8.26. The van der Waals surface area contributed by atoms with Crippen molar-refractivity contribution in [1.82, 2.24) is 15.1 Å². The van der Waals surface area contributed by atoms with E-state index in [0.717, 1.165) is 12.3 Å². The first kappa shape index (κ1) is 13.9. The van der Waals surface area contributed by atoms with Gasteiger partial charge in [0, 0.05) is 24.7 Å². The number of allylic oxidation sites excluding steroid dienone is 2. The maximum atomic E-state index is 4.26. The van der Waals surface area contributed by atoms with Crippen LogP contribution in [-0.2, 0) is 6.42 Å². The van der Waals surface area contributed by atoms with Crippen molar-refractivity contribution in [2.24, 2.45) is 5.92 Å². The smallest absolute Gasteiger partial charge is 0.0522 e. The molecule has 0 bridgehead atoms. The zero-order chi connectivity index (χ0) is 13.8. The number of hydrogen-bond donors (Lipinski definition) is 1. The van der Waals surface area contributed by atoms with Crippen LogP contribution in [0, 0.1) is 5.92 Å². The second kappa shape index (κ2) is 6.57. The van der Waals surface area contributed by atoms with Gasteiger partial charge in [0.15, 0.2) is 0 Å². The predicted molar refractivity (Wildman–Crippen MR) is 82.9 cm³/mol. The third kappa shape index (κ3) is 3.14. The number of hydrogen-bond acceptors (Lipinski definition) is 2. The number of aromatic amines is 1. The van der Waals surface area contributed by atoms with E-state index >= 15 is 0 Å². The Morgan fingerprint density at radius 2 is 2.30 bits per heavy atom. The van der Waals surface area contributed by atoms with Gasteiger partial charge < -0.3 is 4.90 Å². The molecule has 0 amide bonds. The molecule has 3 rings (SSSR count). The van der Waals surface area contributed by atoms with Gasteiger partial charge in [0.25, 0.3) is 0 Å². The van der Waals surface area contributed by atoms with Crippen molar-refractivity contribution in [2.45, 2.75) is 51.4 Å². The number of aryl methyl sites for hydroxylation is 1. The second-order valence-electron chi connectivity index (χ2n) is 6.41. The van der Waals surface area contributed by atoms with E-state index < -0.39 is 0 Å². The molecule has 110 valence electrons. The van der Waals surface area contributed by atoms with Crippen LogP contribution in [0.1, 0.15) is 56.2 Å². The Morgan fingerprint density at radius 3 is 3.10 bits per heavy atom. The molecule has 20 heavy (non-hydrogen) atoms. The standard InChI is InChI=1S/C17H27N3/c1-2-15-11-18-19-17(15)16-9-6-10-20(13-16)12-14-7-4-3-5-8-14/h3-4,11,14,16H,2,5-10,12-13H2,1H3,(H,18,19)/t14-,16+/m0/s1. The Hall–Kier alpha value is -1.09. The normalized spacial score (nSPS) is 27.9. The minimum Gasteiger partial charge on any atom is -0.302 e. The zero-order valence-corrected chi connectivity index (χ0v) is 12.6. The van der Waals surface area contributed by atoms with Gasteiger partial charge in [-0.3, -0.25) is 5.10 Å². The molecule has 2 atom stereocenters. The molecule has 0 saturated carbocycles. The maximum absolute atomic E-state index is 4.26. The minimum absolute atomic E-state index is 0.667. The molecule has 0 radical (unpaired) electrons. The van der Waals surface area contributed by atoms with Gasteiger partial charge in [0.1, 0.15) is 0 Å². The highest BCUT2D eigenvalue weighted by Crippen LogP contribution is 2.29. The summed E-state index contributed by atoms with van der Waals surface area (Å²) in [5.74, 6) is 1.55. The van der Waals surface area contributed by atoms with Gasteiger partial charge in [-0.05, 0) is 56.6 Å².